The van der Waals surface area contributed by atoms with Gasteiger partial charge in [0.15, 0.2) is 23.0 Å². The van der Waals surface area contributed by atoms with Crippen LogP contribution >= 0.6 is 0 Å². The van der Waals surface area contributed by atoms with Gasteiger partial charge >= 0.3 is 0 Å². The lowest BCUT2D eigenvalue weighted by Crippen LogP contribution is -2.06. The van der Waals surface area contributed by atoms with E-state index < -0.39 is 0 Å². The lowest BCUT2D eigenvalue weighted by atomic mass is 10.1. The molecule has 0 aliphatic rings. The minimum Gasteiger partial charge on any atom is -0.493 e. The van der Waals surface area contributed by atoms with Gasteiger partial charge in [-0.3, -0.25) is 0 Å². The highest BCUT2D eigenvalue weighted by Crippen LogP contribution is 2.29. The van der Waals surface area contributed by atoms with Crippen LogP contribution in [0.25, 0.3) is 0 Å². The number of nitrogens with zero attached hydrogens (tertiary/aromatic N) is 2. The second-order valence-electron chi connectivity index (χ2n) is 7.02. The molecule has 0 fully saturated rings. The predicted molar refractivity (Wildman–Crippen MR) is 127 cm³/mol. The summed E-state index contributed by atoms with van der Waals surface area (Å²) in [4.78, 5) is 0. The number of ether oxygens (including phenoxy) is 4. The minimum atomic E-state index is 0.343. The van der Waals surface area contributed by atoms with Gasteiger partial charge in [-0.2, -0.15) is 10.4 Å². The van der Waals surface area contributed by atoms with E-state index in [4.69, 9.17) is 24.2 Å². The first-order valence-corrected chi connectivity index (χ1v) is 10.5. The largest absolute Gasteiger partial charge is 0.493 e. The summed E-state index contributed by atoms with van der Waals surface area (Å²) < 4.78 is 22.3. The molecule has 0 saturated heterocycles. The molecular formula is C26H27N3O4. The molecule has 33 heavy (non-hydrogen) atoms. The van der Waals surface area contributed by atoms with E-state index in [1.807, 2.05) is 61.5 Å². The maximum atomic E-state index is 9.05. The lowest BCUT2D eigenvalue weighted by molar-refractivity contribution is 0.269. The molecule has 0 heterocycles. The van der Waals surface area contributed by atoms with Crippen molar-refractivity contribution in [1.29, 1.82) is 5.26 Å². The highest BCUT2D eigenvalue weighted by Gasteiger charge is 2.07. The monoisotopic (exact) mass is 445 g/mol. The Morgan fingerprint density at radius 2 is 1.70 bits per heavy atom. The molecule has 3 aromatic rings. The Bertz CT molecular complexity index is 1140. The SMILES string of the molecule is CCOc1cc(/C=N\NCc2ccc(OC)c(OC)c2)ccc1OCc1cccc(C#N)c1. The zero-order valence-corrected chi connectivity index (χ0v) is 19.0. The number of nitrogens with one attached hydrogen (secondary N) is 1. The Kier molecular flexibility index (Phi) is 8.55. The molecule has 7 heteroatoms. The molecular weight excluding hydrogens is 418 g/mol. The molecule has 170 valence electrons. The standard InChI is InChI=1S/C26H27N3O4/c1-4-32-26-14-21(9-11-24(26)33-18-22-7-5-6-19(12-22)15-27)17-29-28-16-20-8-10-23(30-2)25(13-20)31-3/h5-14,17,28H,4,16,18H2,1-3H3/b29-17-. The van der Waals surface area contributed by atoms with Crippen molar-refractivity contribution in [2.24, 2.45) is 5.10 Å². The average molecular weight is 446 g/mol. The van der Waals surface area contributed by atoms with Crippen molar-refractivity contribution in [1.82, 2.24) is 5.43 Å². The second-order valence-corrected chi connectivity index (χ2v) is 7.02. The van der Waals surface area contributed by atoms with Crippen LogP contribution in [0.5, 0.6) is 23.0 Å². The molecule has 0 aromatic heterocycles. The fourth-order valence-electron chi connectivity index (χ4n) is 3.13. The van der Waals surface area contributed by atoms with E-state index in [0.717, 1.165) is 16.7 Å². The summed E-state index contributed by atoms with van der Waals surface area (Å²) in [6, 6.07) is 20.9. The first kappa shape index (κ1) is 23.5. The molecule has 0 saturated carbocycles. The molecule has 0 unspecified atom stereocenters. The van der Waals surface area contributed by atoms with Crippen LogP contribution in [-0.4, -0.2) is 27.0 Å². The smallest absolute Gasteiger partial charge is 0.161 e. The molecule has 0 spiro atoms. The first-order chi connectivity index (χ1) is 16.2. The Hall–Kier alpha value is -4.18. The quantitative estimate of drug-likeness (QED) is 0.341. The van der Waals surface area contributed by atoms with Crippen molar-refractivity contribution < 1.29 is 18.9 Å². The fourth-order valence-corrected chi connectivity index (χ4v) is 3.13. The van der Waals surface area contributed by atoms with Crippen molar-refractivity contribution >= 4 is 6.21 Å². The van der Waals surface area contributed by atoms with Crippen LogP contribution < -0.4 is 24.4 Å². The molecule has 0 amide bonds. The summed E-state index contributed by atoms with van der Waals surface area (Å²) in [5, 5.41) is 13.4. The van der Waals surface area contributed by atoms with Crippen LogP contribution in [0.2, 0.25) is 0 Å². The lowest BCUT2D eigenvalue weighted by Gasteiger charge is -2.13. The van der Waals surface area contributed by atoms with Gasteiger partial charge in [-0.25, -0.2) is 0 Å². The Morgan fingerprint density at radius 1 is 0.879 bits per heavy atom. The number of hydrazone groups is 1. The first-order valence-electron chi connectivity index (χ1n) is 10.5. The van der Waals surface area contributed by atoms with E-state index in [9.17, 15) is 0 Å². The van der Waals surface area contributed by atoms with E-state index >= 15 is 0 Å². The number of hydrogen-bond acceptors (Lipinski definition) is 7. The number of methoxy groups -OCH3 is 2. The van der Waals surface area contributed by atoms with Crippen molar-refractivity contribution in [2.45, 2.75) is 20.1 Å². The Morgan fingerprint density at radius 3 is 2.45 bits per heavy atom. The molecule has 1 N–H and O–H groups in total. The summed E-state index contributed by atoms with van der Waals surface area (Å²) in [6.45, 7) is 3.32. The van der Waals surface area contributed by atoms with Gasteiger partial charge in [0.25, 0.3) is 0 Å². The molecule has 3 rings (SSSR count). The van der Waals surface area contributed by atoms with Gasteiger partial charge in [-0.1, -0.05) is 18.2 Å². The summed E-state index contributed by atoms with van der Waals surface area (Å²) >= 11 is 0. The Balaban J connectivity index is 1.62. The van der Waals surface area contributed by atoms with Crippen LogP contribution in [0.3, 0.4) is 0 Å². The molecule has 0 bridgehead atoms. The zero-order valence-electron chi connectivity index (χ0n) is 19.0. The van der Waals surface area contributed by atoms with Crippen LogP contribution in [0.1, 0.15) is 29.2 Å². The van der Waals surface area contributed by atoms with E-state index in [2.05, 4.69) is 16.6 Å². The predicted octanol–water partition coefficient (Wildman–Crippen LogP) is 4.68. The highest BCUT2D eigenvalue weighted by molar-refractivity contribution is 5.80. The minimum absolute atomic E-state index is 0.343. The molecule has 3 aromatic carbocycles. The number of nitriles is 1. The summed E-state index contributed by atoms with van der Waals surface area (Å²) in [6.07, 6.45) is 1.73. The number of benzene rings is 3. The molecule has 0 radical (unpaired) electrons. The third kappa shape index (κ3) is 6.65. The van der Waals surface area contributed by atoms with Crippen molar-refractivity contribution in [3.8, 4) is 29.1 Å². The van der Waals surface area contributed by atoms with E-state index in [0.29, 0.717) is 48.3 Å². The normalized spacial score (nSPS) is 10.5. The average Bonchev–Trinajstić information content (AvgIpc) is 2.86. The van der Waals surface area contributed by atoms with Gasteiger partial charge < -0.3 is 24.4 Å². The van der Waals surface area contributed by atoms with Crippen LogP contribution in [0.4, 0.5) is 0 Å². The van der Waals surface area contributed by atoms with E-state index in [1.54, 1.807) is 26.5 Å². The van der Waals surface area contributed by atoms with Crippen LogP contribution in [-0.2, 0) is 13.2 Å². The zero-order chi connectivity index (χ0) is 23.5. The van der Waals surface area contributed by atoms with Gasteiger partial charge in [0.05, 0.1) is 45.2 Å². The van der Waals surface area contributed by atoms with Gasteiger partial charge in [-0.15, -0.1) is 0 Å². The molecule has 0 aliphatic heterocycles. The van der Waals surface area contributed by atoms with E-state index in [-0.39, 0.29) is 0 Å². The third-order valence-electron chi connectivity index (χ3n) is 4.75. The van der Waals surface area contributed by atoms with Crippen LogP contribution in [0.15, 0.2) is 65.8 Å². The van der Waals surface area contributed by atoms with Crippen molar-refractivity contribution in [2.75, 3.05) is 20.8 Å². The highest BCUT2D eigenvalue weighted by atomic mass is 16.5. The van der Waals surface area contributed by atoms with Gasteiger partial charge in [0.2, 0.25) is 0 Å². The second kappa shape index (κ2) is 12.0. The summed E-state index contributed by atoms with van der Waals surface area (Å²) in [7, 11) is 3.22. The number of rotatable bonds is 11. The van der Waals surface area contributed by atoms with Crippen molar-refractivity contribution in [3.05, 3.63) is 82.9 Å². The molecule has 0 aliphatic carbocycles. The van der Waals surface area contributed by atoms with Gasteiger partial charge in [0.1, 0.15) is 6.61 Å². The van der Waals surface area contributed by atoms with Crippen LogP contribution in [0, 0.1) is 11.3 Å². The summed E-state index contributed by atoms with van der Waals surface area (Å²) in [5.74, 6) is 2.64. The maximum Gasteiger partial charge on any atom is 0.161 e. The van der Waals surface area contributed by atoms with E-state index in [1.165, 1.54) is 0 Å². The van der Waals surface area contributed by atoms with Gasteiger partial charge in [-0.05, 0) is 66.1 Å². The molecule has 7 nitrogen and oxygen atoms in total. The molecule has 0 atom stereocenters. The number of hydrogen-bond donors (Lipinski definition) is 1. The Labute approximate surface area is 194 Å². The fraction of sp³-hybridized carbons (Fsp3) is 0.231. The van der Waals surface area contributed by atoms with Crippen molar-refractivity contribution in [3.63, 3.8) is 0 Å². The summed E-state index contributed by atoms with van der Waals surface area (Å²) in [5.41, 5.74) is 6.45. The maximum absolute atomic E-state index is 9.05. The third-order valence-corrected chi connectivity index (χ3v) is 4.75. The van der Waals surface area contributed by atoms with Gasteiger partial charge in [0, 0.05) is 0 Å². The topological polar surface area (TPSA) is 85.1 Å².